The van der Waals surface area contributed by atoms with Gasteiger partial charge in [-0.2, -0.15) is 5.10 Å². The number of nitrogen functional groups attached to an aromatic ring is 1. The molecule has 1 amide bonds. The van der Waals surface area contributed by atoms with Crippen LogP contribution in [0.4, 0.5) is 10.1 Å². The van der Waals surface area contributed by atoms with Gasteiger partial charge in [0.15, 0.2) is 5.69 Å². The number of alkyl halides is 1. The summed E-state index contributed by atoms with van der Waals surface area (Å²) in [6.07, 6.45) is 1.48. The smallest absolute Gasteiger partial charge is 0.276 e. The summed E-state index contributed by atoms with van der Waals surface area (Å²) in [4.78, 5) is 13.5. The third-order valence-corrected chi connectivity index (χ3v) is 2.36. The number of aryl methyl sites for hydroxylation is 1. The molecule has 0 spiro atoms. The van der Waals surface area contributed by atoms with Crippen LogP contribution in [0.25, 0.3) is 0 Å². The number of rotatable bonds is 5. The van der Waals surface area contributed by atoms with Gasteiger partial charge in [0, 0.05) is 19.3 Å². The molecule has 0 radical (unpaired) electrons. The summed E-state index contributed by atoms with van der Waals surface area (Å²) in [5.41, 5.74) is 6.17. The van der Waals surface area contributed by atoms with Crippen molar-refractivity contribution in [3.05, 3.63) is 11.9 Å². The monoisotopic (exact) mass is 228 g/mol. The maximum absolute atomic E-state index is 12.1. The SMILES string of the molecule is CCN(CC)C(=O)c1nn(CCF)cc1N. The lowest BCUT2D eigenvalue weighted by Gasteiger charge is -2.17. The molecule has 1 rings (SSSR count). The lowest BCUT2D eigenvalue weighted by Crippen LogP contribution is -2.31. The molecule has 0 atom stereocenters. The van der Waals surface area contributed by atoms with Crippen LogP contribution in [0.3, 0.4) is 0 Å². The molecule has 0 fully saturated rings. The van der Waals surface area contributed by atoms with Gasteiger partial charge in [-0.05, 0) is 13.8 Å². The molecule has 16 heavy (non-hydrogen) atoms. The van der Waals surface area contributed by atoms with Crippen LogP contribution < -0.4 is 5.73 Å². The topological polar surface area (TPSA) is 64.2 Å². The quantitative estimate of drug-likeness (QED) is 0.815. The Balaban J connectivity index is 2.90. The van der Waals surface area contributed by atoms with Gasteiger partial charge < -0.3 is 10.6 Å². The summed E-state index contributed by atoms with van der Waals surface area (Å²) in [7, 11) is 0. The molecule has 90 valence electrons. The van der Waals surface area contributed by atoms with Gasteiger partial charge in [-0.1, -0.05) is 0 Å². The van der Waals surface area contributed by atoms with E-state index in [2.05, 4.69) is 5.10 Å². The van der Waals surface area contributed by atoms with Gasteiger partial charge in [0.25, 0.3) is 5.91 Å². The first-order chi connectivity index (χ1) is 7.63. The molecule has 1 aromatic rings. The van der Waals surface area contributed by atoms with Crippen LogP contribution in [0.5, 0.6) is 0 Å². The van der Waals surface area contributed by atoms with Crippen molar-refractivity contribution in [1.29, 1.82) is 0 Å². The Hall–Kier alpha value is -1.59. The number of hydrogen-bond acceptors (Lipinski definition) is 3. The zero-order valence-electron chi connectivity index (χ0n) is 9.61. The van der Waals surface area contributed by atoms with Gasteiger partial charge in [-0.3, -0.25) is 9.48 Å². The summed E-state index contributed by atoms with van der Waals surface area (Å²) >= 11 is 0. The number of amides is 1. The summed E-state index contributed by atoms with van der Waals surface area (Å²) < 4.78 is 13.5. The molecule has 0 bridgehead atoms. The van der Waals surface area contributed by atoms with Crippen molar-refractivity contribution < 1.29 is 9.18 Å². The summed E-state index contributed by atoms with van der Waals surface area (Å²) in [5, 5.41) is 3.98. The first-order valence-electron chi connectivity index (χ1n) is 5.32. The van der Waals surface area contributed by atoms with E-state index < -0.39 is 6.67 Å². The van der Waals surface area contributed by atoms with Crippen molar-refractivity contribution in [3.63, 3.8) is 0 Å². The second-order valence-electron chi connectivity index (χ2n) is 3.36. The summed E-state index contributed by atoms with van der Waals surface area (Å²) in [6.45, 7) is 4.57. The third-order valence-electron chi connectivity index (χ3n) is 2.36. The summed E-state index contributed by atoms with van der Waals surface area (Å²) in [6, 6.07) is 0. The van der Waals surface area contributed by atoms with Gasteiger partial charge in [-0.15, -0.1) is 0 Å². The molecule has 0 aliphatic rings. The van der Waals surface area contributed by atoms with E-state index in [-0.39, 0.29) is 18.1 Å². The third kappa shape index (κ3) is 2.50. The predicted molar refractivity (Wildman–Crippen MR) is 59.9 cm³/mol. The van der Waals surface area contributed by atoms with Crippen molar-refractivity contribution in [1.82, 2.24) is 14.7 Å². The molecule has 0 aliphatic carbocycles. The van der Waals surface area contributed by atoms with E-state index >= 15 is 0 Å². The summed E-state index contributed by atoms with van der Waals surface area (Å²) in [5.74, 6) is -0.208. The van der Waals surface area contributed by atoms with Gasteiger partial charge >= 0.3 is 0 Å². The van der Waals surface area contributed by atoms with E-state index in [1.165, 1.54) is 10.9 Å². The second-order valence-corrected chi connectivity index (χ2v) is 3.36. The van der Waals surface area contributed by atoms with Crippen molar-refractivity contribution in [2.24, 2.45) is 0 Å². The molecule has 0 saturated carbocycles. The molecule has 5 nitrogen and oxygen atoms in total. The number of aromatic nitrogens is 2. The number of halogens is 1. The second kappa shape index (κ2) is 5.48. The minimum absolute atomic E-state index is 0.121. The number of carbonyl (C=O) groups is 1. The highest BCUT2D eigenvalue weighted by Crippen LogP contribution is 2.12. The van der Waals surface area contributed by atoms with Crippen LogP contribution in [0, 0.1) is 0 Å². The molecular weight excluding hydrogens is 211 g/mol. The Morgan fingerprint density at radius 3 is 2.69 bits per heavy atom. The molecule has 1 aromatic heterocycles. The number of hydrogen-bond donors (Lipinski definition) is 1. The Morgan fingerprint density at radius 1 is 1.56 bits per heavy atom. The van der Waals surface area contributed by atoms with Gasteiger partial charge in [-0.25, -0.2) is 4.39 Å². The zero-order chi connectivity index (χ0) is 12.1. The molecule has 6 heteroatoms. The number of nitrogens with zero attached hydrogens (tertiary/aromatic N) is 3. The van der Waals surface area contributed by atoms with Crippen LogP contribution >= 0.6 is 0 Å². The van der Waals surface area contributed by atoms with Crippen LogP contribution in [-0.2, 0) is 6.54 Å². The van der Waals surface area contributed by atoms with Crippen molar-refractivity contribution >= 4 is 11.6 Å². The maximum atomic E-state index is 12.1. The largest absolute Gasteiger partial charge is 0.396 e. The average molecular weight is 228 g/mol. The number of anilines is 1. The van der Waals surface area contributed by atoms with Crippen LogP contribution in [0.1, 0.15) is 24.3 Å². The molecule has 0 saturated heterocycles. The molecule has 0 aliphatic heterocycles. The van der Waals surface area contributed by atoms with Crippen LogP contribution in [-0.4, -0.2) is 40.4 Å². The van der Waals surface area contributed by atoms with E-state index in [1.807, 2.05) is 13.8 Å². The van der Waals surface area contributed by atoms with E-state index in [9.17, 15) is 9.18 Å². The van der Waals surface area contributed by atoms with Crippen LogP contribution in [0.15, 0.2) is 6.20 Å². The first kappa shape index (κ1) is 12.5. The average Bonchev–Trinajstić information content (AvgIpc) is 2.61. The lowest BCUT2D eigenvalue weighted by molar-refractivity contribution is 0.0767. The van der Waals surface area contributed by atoms with E-state index in [4.69, 9.17) is 5.73 Å². The van der Waals surface area contributed by atoms with Crippen LogP contribution in [0.2, 0.25) is 0 Å². The normalized spacial score (nSPS) is 10.4. The first-order valence-corrected chi connectivity index (χ1v) is 5.32. The fourth-order valence-electron chi connectivity index (χ4n) is 1.46. The predicted octanol–water partition coefficient (Wildman–Crippen LogP) is 0.917. The lowest BCUT2D eigenvalue weighted by atomic mass is 10.3. The fraction of sp³-hybridized carbons (Fsp3) is 0.600. The highest BCUT2D eigenvalue weighted by molar-refractivity contribution is 5.97. The maximum Gasteiger partial charge on any atom is 0.276 e. The van der Waals surface area contributed by atoms with E-state index in [0.717, 1.165) is 0 Å². The Labute approximate surface area is 94.0 Å². The van der Waals surface area contributed by atoms with Gasteiger partial charge in [0.1, 0.15) is 6.67 Å². The van der Waals surface area contributed by atoms with Crippen molar-refractivity contribution in [3.8, 4) is 0 Å². The highest BCUT2D eigenvalue weighted by Gasteiger charge is 2.19. The minimum Gasteiger partial charge on any atom is -0.396 e. The zero-order valence-corrected chi connectivity index (χ0v) is 9.61. The molecule has 0 unspecified atom stereocenters. The Kier molecular flexibility index (Phi) is 4.28. The Morgan fingerprint density at radius 2 is 2.19 bits per heavy atom. The molecule has 0 aromatic carbocycles. The molecule has 2 N–H and O–H groups in total. The number of nitrogens with two attached hydrogens (primary N) is 1. The fourth-order valence-corrected chi connectivity index (χ4v) is 1.46. The van der Waals surface area contributed by atoms with Crippen molar-refractivity contribution in [2.75, 3.05) is 25.5 Å². The van der Waals surface area contributed by atoms with Crippen molar-refractivity contribution in [2.45, 2.75) is 20.4 Å². The van der Waals surface area contributed by atoms with E-state index in [1.54, 1.807) is 4.90 Å². The van der Waals surface area contributed by atoms with Gasteiger partial charge in [0.2, 0.25) is 0 Å². The standard InChI is InChI=1S/C10H17FN4O/c1-3-14(4-2)10(16)9-8(12)7-15(13-9)6-5-11/h7H,3-6,12H2,1-2H3. The molecular formula is C10H17FN4O. The highest BCUT2D eigenvalue weighted by atomic mass is 19.1. The minimum atomic E-state index is -0.528. The van der Waals surface area contributed by atoms with Gasteiger partial charge in [0.05, 0.1) is 12.2 Å². The Bertz CT molecular complexity index is 360. The number of carbonyl (C=O) groups excluding carboxylic acids is 1. The molecule has 1 heterocycles. The van der Waals surface area contributed by atoms with E-state index in [0.29, 0.717) is 18.8 Å².